The number of aromatic nitrogens is 9. The summed E-state index contributed by atoms with van der Waals surface area (Å²) in [5.74, 6) is 4.39. The minimum Gasteiger partial charge on any atom is -0.343 e. The number of hydrogen-bond donors (Lipinski definition) is 0. The van der Waals surface area contributed by atoms with Crippen LogP contribution >= 0.6 is 34.8 Å². The standard InChI is InChI=1S/3C16H19ClN4O/c3*1-20(2)15(22)13-7-11-8-18-16(17)19-14(11)21(13)12-6-9-3-4-10(12)5-9/h3*7-10,12H,3-6H2,1-2H3/t3*9-,10+,12+/m100/s1. The van der Waals surface area contributed by atoms with Crippen LogP contribution in [0.3, 0.4) is 0 Å². The molecule has 12 rings (SSSR count). The van der Waals surface area contributed by atoms with Crippen LogP contribution in [0, 0.1) is 35.5 Å². The van der Waals surface area contributed by atoms with Crippen LogP contribution in [0.5, 0.6) is 0 Å². The minimum atomic E-state index is 0.0110. The second-order valence-corrected chi connectivity index (χ2v) is 21.3. The van der Waals surface area contributed by atoms with Crippen LogP contribution in [-0.4, -0.2) is 118 Å². The Balaban J connectivity index is 0.000000116. The largest absolute Gasteiger partial charge is 0.343 e. The summed E-state index contributed by atoms with van der Waals surface area (Å²) in [6, 6.07) is 6.79. The number of hydrogen-bond acceptors (Lipinski definition) is 9. The van der Waals surface area contributed by atoms with Crippen molar-refractivity contribution in [2.75, 3.05) is 42.3 Å². The zero-order chi connectivity index (χ0) is 46.3. The Bertz CT molecular complexity index is 2570. The number of nitrogens with zero attached hydrogens (tertiary/aromatic N) is 12. The van der Waals surface area contributed by atoms with E-state index in [0.29, 0.717) is 53.0 Å². The molecule has 0 saturated heterocycles. The van der Waals surface area contributed by atoms with E-state index in [4.69, 9.17) is 34.8 Å². The van der Waals surface area contributed by atoms with Gasteiger partial charge in [0.15, 0.2) is 0 Å². The smallest absolute Gasteiger partial charge is 0.270 e. The molecule has 3 amide bonds. The summed E-state index contributed by atoms with van der Waals surface area (Å²) in [6.45, 7) is 0. The fourth-order valence-corrected chi connectivity index (χ4v) is 13.1. The molecule has 6 heterocycles. The molecule has 6 bridgehead atoms. The third-order valence-electron chi connectivity index (χ3n) is 15.6. The first kappa shape index (κ1) is 44.9. The molecule has 66 heavy (non-hydrogen) atoms. The SMILES string of the molecule is CN(C)C(=O)c1cc2cnc(Cl)nc2n1[C@@H]1C[C@H]2CC[C@@H]1C2.CN(C)C(=O)c1cc2cnc(Cl)nc2n1[C@@H]1C[C@H]2CC[C@@H]1C2.CN(C)C(=O)c1cc2cnc(Cl)nc2n1[C@H]1C[C@@H]2CC[C@H]1C2. The first-order chi connectivity index (χ1) is 31.6. The number of carbonyl (C=O) groups excluding carboxylic acids is 3. The summed E-state index contributed by atoms with van der Waals surface area (Å²) in [6.07, 6.45) is 20.1. The lowest BCUT2D eigenvalue weighted by Gasteiger charge is -2.26. The van der Waals surface area contributed by atoms with Gasteiger partial charge in [0.1, 0.15) is 34.0 Å². The van der Waals surface area contributed by atoms with E-state index in [0.717, 1.165) is 70.1 Å². The molecular formula is C48H57Cl3N12O3. The second-order valence-electron chi connectivity index (χ2n) is 20.3. The average molecular weight is 956 g/mol. The summed E-state index contributed by atoms with van der Waals surface area (Å²) in [5.41, 5.74) is 4.49. The van der Waals surface area contributed by atoms with Gasteiger partial charge in [-0.15, -0.1) is 0 Å². The number of halogens is 3. The molecule has 18 heteroatoms. The molecule has 0 radical (unpaired) electrons. The van der Waals surface area contributed by atoms with Gasteiger partial charge in [0.25, 0.3) is 17.7 Å². The van der Waals surface area contributed by atoms with Crippen molar-refractivity contribution in [3.8, 4) is 0 Å². The monoisotopic (exact) mass is 954 g/mol. The third-order valence-corrected chi connectivity index (χ3v) is 16.2. The van der Waals surface area contributed by atoms with E-state index in [-0.39, 0.29) is 33.6 Å². The average Bonchev–Trinajstić information content (AvgIpc) is 4.16. The summed E-state index contributed by atoms with van der Waals surface area (Å²) in [7, 11) is 10.7. The van der Waals surface area contributed by atoms with Gasteiger partial charge in [-0.05, 0) is 146 Å². The first-order valence-electron chi connectivity index (χ1n) is 23.4. The minimum absolute atomic E-state index is 0.0110. The number of amides is 3. The van der Waals surface area contributed by atoms with Crippen molar-refractivity contribution in [1.82, 2.24) is 58.3 Å². The van der Waals surface area contributed by atoms with Crippen LogP contribution in [-0.2, 0) is 0 Å². The predicted octanol–water partition coefficient (Wildman–Crippen LogP) is 9.44. The van der Waals surface area contributed by atoms with Gasteiger partial charge >= 0.3 is 0 Å². The maximum Gasteiger partial charge on any atom is 0.270 e. The van der Waals surface area contributed by atoms with Gasteiger partial charge in [-0.3, -0.25) is 14.4 Å². The summed E-state index contributed by atoms with van der Waals surface area (Å²) < 4.78 is 6.40. The van der Waals surface area contributed by atoms with Crippen LogP contribution < -0.4 is 0 Å². The van der Waals surface area contributed by atoms with Gasteiger partial charge < -0.3 is 28.4 Å². The molecular weight excluding hydrogens is 899 g/mol. The Morgan fingerprint density at radius 2 is 0.727 bits per heavy atom. The van der Waals surface area contributed by atoms with Gasteiger partial charge in [-0.1, -0.05) is 19.3 Å². The highest BCUT2D eigenvalue weighted by Gasteiger charge is 2.45. The highest BCUT2D eigenvalue weighted by molar-refractivity contribution is 6.29. The quantitative estimate of drug-likeness (QED) is 0.149. The van der Waals surface area contributed by atoms with Gasteiger partial charge in [0.05, 0.1) is 0 Å². The van der Waals surface area contributed by atoms with E-state index in [1.54, 1.807) is 75.6 Å². The molecule has 6 aliphatic rings. The van der Waals surface area contributed by atoms with Gasteiger partial charge in [-0.2, -0.15) is 15.0 Å². The Morgan fingerprint density at radius 3 is 0.939 bits per heavy atom. The lowest BCUT2D eigenvalue weighted by atomic mass is 9.95. The molecule has 0 aliphatic heterocycles. The lowest BCUT2D eigenvalue weighted by Crippen LogP contribution is -2.27. The van der Waals surface area contributed by atoms with E-state index in [1.807, 2.05) is 18.2 Å². The van der Waals surface area contributed by atoms with E-state index in [9.17, 15) is 14.4 Å². The molecule has 9 atom stereocenters. The van der Waals surface area contributed by atoms with Crippen LogP contribution in [0.15, 0.2) is 36.8 Å². The van der Waals surface area contributed by atoms with Crippen LogP contribution in [0.1, 0.15) is 127 Å². The summed E-state index contributed by atoms with van der Waals surface area (Å²) >= 11 is 18.0. The van der Waals surface area contributed by atoms with Crippen molar-refractivity contribution in [2.24, 2.45) is 35.5 Å². The van der Waals surface area contributed by atoms with Crippen molar-refractivity contribution in [3.05, 3.63) is 69.7 Å². The van der Waals surface area contributed by atoms with Crippen molar-refractivity contribution in [2.45, 2.75) is 95.2 Å². The fraction of sp³-hybridized carbons (Fsp3) is 0.562. The van der Waals surface area contributed by atoms with E-state index >= 15 is 0 Å². The van der Waals surface area contributed by atoms with E-state index in [2.05, 4.69) is 43.6 Å². The van der Waals surface area contributed by atoms with Crippen molar-refractivity contribution in [3.63, 3.8) is 0 Å². The molecule has 0 spiro atoms. The zero-order valence-electron chi connectivity index (χ0n) is 38.4. The molecule has 0 unspecified atom stereocenters. The van der Waals surface area contributed by atoms with Crippen molar-refractivity contribution in [1.29, 1.82) is 0 Å². The molecule has 0 N–H and O–H groups in total. The molecule has 6 aromatic rings. The maximum absolute atomic E-state index is 12.6. The Labute approximate surface area is 399 Å². The molecule has 6 aliphatic carbocycles. The first-order valence-corrected chi connectivity index (χ1v) is 24.5. The van der Waals surface area contributed by atoms with Gasteiger partial charge in [0, 0.05) is 95.2 Å². The van der Waals surface area contributed by atoms with Crippen LogP contribution in [0.4, 0.5) is 0 Å². The highest BCUT2D eigenvalue weighted by atomic mass is 35.5. The van der Waals surface area contributed by atoms with Crippen molar-refractivity contribution < 1.29 is 14.4 Å². The molecule has 0 aromatic carbocycles. The molecule has 6 aromatic heterocycles. The molecule has 6 fully saturated rings. The second kappa shape index (κ2) is 17.7. The van der Waals surface area contributed by atoms with Gasteiger partial charge in [-0.25, -0.2) is 15.0 Å². The molecule has 15 nitrogen and oxygen atoms in total. The van der Waals surface area contributed by atoms with E-state index in [1.165, 1.54) is 57.8 Å². The third kappa shape index (κ3) is 8.10. The van der Waals surface area contributed by atoms with Crippen LogP contribution in [0.25, 0.3) is 33.1 Å². The normalized spacial score (nSPS) is 26.8. The van der Waals surface area contributed by atoms with Crippen LogP contribution in [0.2, 0.25) is 15.9 Å². The Kier molecular flexibility index (Phi) is 12.0. The Hall–Kier alpha value is -4.86. The number of carbonyl (C=O) groups is 3. The Morgan fingerprint density at radius 1 is 0.455 bits per heavy atom. The van der Waals surface area contributed by atoms with Crippen molar-refractivity contribution >= 4 is 85.6 Å². The predicted molar refractivity (Wildman–Crippen MR) is 255 cm³/mol. The fourth-order valence-electron chi connectivity index (χ4n) is 12.7. The number of fused-ring (bicyclic) bond motifs is 9. The maximum atomic E-state index is 12.6. The zero-order valence-corrected chi connectivity index (χ0v) is 40.6. The topological polar surface area (TPSA) is 153 Å². The summed E-state index contributed by atoms with van der Waals surface area (Å²) in [4.78, 5) is 68.1. The molecule has 348 valence electrons. The lowest BCUT2D eigenvalue weighted by molar-refractivity contribution is 0.0806. The summed E-state index contributed by atoms with van der Waals surface area (Å²) in [5, 5.41) is 3.36. The highest BCUT2D eigenvalue weighted by Crippen LogP contribution is 2.54. The molecule has 6 saturated carbocycles. The van der Waals surface area contributed by atoms with E-state index < -0.39 is 0 Å². The van der Waals surface area contributed by atoms with Gasteiger partial charge in [0.2, 0.25) is 15.9 Å². The number of rotatable bonds is 6.